The molecule has 1 aromatic carbocycles. The molecule has 1 unspecified atom stereocenters. The molecule has 24 heavy (non-hydrogen) atoms. The first-order chi connectivity index (χ1) is 11.8. The van der Waals surface area contributed by atoms with Crippen LogP contribution >= 0.6 is 0 Å². The fourth-order valence-corrected chi connectivity index (χ4v) is 3.15. The average Bonchev–Trinajstić information content (AvgIpc) is 3.36. The number of benzene rings is 1. The number of aromatic nitrogens is 5. The molecule has 1 atom stereocenters. The first kappa shape index (κ1) is 15.0. The monoisotopic (exact) mass is 325 g/mol. The maximum absolute atomic E-state index is 9.12. The Hall–Kier alpha value is -2.51. The van der Waals surface area contributed by atoms with Crippen LogP contribution in [0.5, 0.6) is 0 Å². The topological polar surface area (TPSA) is 88.9 Å². The molecule has 0 spiro atoms. The van der Waals surface area contributed by atoms with Gasteiger partial charge in [0.05, 0.1) is 30.9 Å². The first-order valence-corrected chi connectivity index (χ1v) is 8.04. The minimum Gasteiger partial charge on any atom is -0.388 e. The number of ether oxygens (including phenoxy) is 1. The Morgan fingerprint density at radius 2 is 2.17 bits per heavy atom. The molecule has 0 saturated carbocycles. The van der Waals surface area contributed by atoms with Crippen LogP contribution in [0.15, 0.2) is 36.7 Å². The number of nitrogens with one attached hydrogen (secondary N) is 1. The number of aromatic amines is 1. The zero-order valence-corrected chi connectivity index (χ0v) is 13.2. The third-order valence-electron chi connectivity index (χ3n) is 4.28. The number of imidazole rings is 1. The van der Waals surface area contributed by atoms with Crippen molar-refractivity contribution < 1.29 is 9.84 Å². The summed E-state index contributed by atoms with van der Waals surface area (Å²) in [6.07, 6.45) is 2.83. The Morgan fingerprint density at radius 3 is 2.88 bits per heavy atom. The van der Waals surface area contributed by atoms with Crippen LogP contribution in [0.2, 0.25) is 0 Å². The van der Waals surface area contributed by atoms with Gasteiger partial charge in [0.15, 0.2) is 5.82 Å². The molecule has 3 heterocycles. The molecule has 4 rings (SSSR count). The molecule has 2 N–H and O–H groups in total. The maximum Gasteiger partial charge on any atom is 0.176 e. The minimum absolute atomic E-state index is 0.168. The number of rotatable bonds is 5. The van der Waals surface area contributed by atoms with Crippen LogP contribution in [-0.2, 0) is 17.9 Å². The lowest BCUT2D eigenvalue weighted by Crippen LogP contribution is -2.10. The molecule has 1 saturated heterocycles. The highest BCUT2D eigenvalue weighted by Crippen LogP contribution is 2.33. The van der Waals surface area contributed by atoms with Crippen LogP contribution in [0.4, 0.5) is 0 Å². The summed E-state index contributed by atoms with van der Waals surface area (Å²) in [4.78, 5) is 8.93. The summed E-state index contributed by atoms with van der Waals surface area (Å²) < 4.78 is 7.69. The second kappa shape index (κ2) is 6.54. The van der Waals surface area contributed by atoms with Crippen molar-refractivity contribution in [2.24, 2.45) is 0 Å². The van der Waals surface area contributed by atoms with Gasteiger partial charge >= 0.3 is 0 Å². The van der Waals surface area contributed by atoms with Crippen LogP contribution in [-0.4, -0.2) is 43.1 Å². The molecule has 3 aromatic rings. The van der Waals surface area contributed by atoms with Gasteiger partial charge in [-0.3, -0.25) is 5.10 Å². The van der Waals surface area contributed by atoms with Crippen LogP contribution in [0, 0.1) is 0 Å². The van der Waals surface area contributed by atoms with Crippen LogP contribution in [0.3, 0.4) is 0 Å². The van der Waals surface area contributed by atoms with E-state index in [-0.39, 0.29) is 6.61 Å². The molecular weight excluding hydrogens is 306 g/mol. The minimum atomic E-state index is -0.168. The summed E-state index contributed by atoms with van der Waals surface area (Å²) in [5.74, 6) is 1.43. The Labute approximate surface area is 139 Å². The summed E-state index contributed by atoms with van der Waals surface area (Å²) in [5, 5.41) is 16.0. The van der Waals surface area contributed by atoms with Crippen molar-refractivity contribution in [1.29, 1.82) is 0 Å². The van der Waals surface area contributed by atoms with Gasteiger partial charge in [0, 0.05) is 18.1 Å². The number of nitrogens with zero attached hydrogens (tertiary/aromatic N) is 4. The number of H-pyrrole nitrogens is 1. The van der Waals surface area contributed by atoms with Gasteiger partial charge in [-0.2, -0.15) is 5.10 Å². The molecule has 7 nitrogen and oxygen atoms in total. The fourth-order valence-electron chi connectivity index (χ4n) is 3.15. The van der Waals surface area contributed by atoms with Crippen LogP contribution in [0.1, 0.15) is 29.7 Å². The molecule has 1 aliphatic rings. The predicted molar refractivity (Wildman–Crippen MR) is 87.2 cm³/mol. The van der Waals surface area contributed by atoms with Gasteiger partial charge in [-0.15, -0.1) is 0 Å². The molecule has 0 aliphatic carbocycles. The molecule has 0 bridgehead atoms. The molecule has 124 valence electrons. The van der Waals surface area contributed by atoms with Crippen molar-refractivity contribution in [2.45, 2.75) is 25.5 Å². The lowest BCUT2D eigenvalue weighted by atomic mass is 9.99. The number of aliphatic hydroxyl groups excluding tert-OH is 1. The van der Waals surface area contributed by atoms with E-state index < -0.39 is 0 Å². The van der Waals surface area contributed by atoms with Gasteiger partial charge in [0.1, 0.15) is 12.4 Å². The smallest absolute Gasteiger partial charge is 0.176 e. The maximum atomic E-state index is 9.12. The molecule has 1 aliphatic heterocycles. The third kappa shape index (κ3) is 2.83. The largest absolute Gasteiger partial charge is 0.388 e. The van der Waals surface area contributed by atoms with E-state index in [2.05, 4.69) is 36.9 Å². The summed E-state index contributed by atoms with van der Waals surface area (Å²) in [6.45, 7) is 1.86. The summed E-state index contributed by atoms with van der Waals surface area (Å²) in [7, 11) is 0. The molecule has 2 aromatic heterocycles. The first-order valence-electron chi connectivity index (χ1n) is 8.04. The second-order valence-electron chi connectivity index (χ2n) is 5.89. The van der Waals surface area contributed by atoms with Crippen molar-refractivity contribution in [3.63, 3.8) is 0 Å². The Balaban J connectivity index is 1.72. The van der Waals surface area contributed by atoms with E-state index in [1.54, 1.807) is 0 Å². The van der Waals surface area contributed by atoms with Crippen molar-refractivity contribution in [1.82, 2.24) is 24.7 Å². The van der Waals surface area contributed by atoms with Crippen molar-refractivity contribution in [3.05, 3.63) is 54.0 Å². The Kier molecular flexibility index (Phi) is 4.10. The average molecular weight is 325 g/mol. The highest BCUT2D eigenvalue weighted by Gasteiger charge is 2.26. The van der Waals surface area contributed by atoms with Gasteiger partial charge in [-0.25, -0.2) is 9.97 Å². The van der Waals surface area contributed by atoms with E-state index in [1.165, 1.54) is 5.69 Å². The summed E-state index contributed by atoms with van der Waals surface area (Å²) in [5.41, 5.74) is 3.26. The van der Waals surface area contributed by atoms with E-state index in [0.29, 0.717) is 30.7 Å². The van der Waals surface area contributed by atoms with Gasteiger partial charge in [0.25, 0.3) is 0 Å². The van der Waals surface area contributed by atoms with E-state index in [0.717, 1.165) is 24.3 Å². The van der Waals surface area contributed by atoms with Crippen LogP contribution < -0.4 is 0 Å². The molecule has 0 radical (unpaired) electrons. The number of hydrogen-bond donors (Lipinski definition) is 2. The van der Waals surface area contributed by atoms with E-state index in [9.17, 15) is 0 Å². The highest BCUT2D eigenvalue weighted by molar-refractivity contribution is 5.62. The van der Waals surface area contributed by atoms with Crippen molar-refractivity contribution in [2.75, 3.05) is 13.2 Å². The van der Waals surface area contributed by atoms with E-state index in [4.69, 9.17) is 9.84 Å². The van der Waals surface area contributed by atoms with Crippen molar-refractivity contribution >= 4 is 0 Å². The normalized spacial score (nSPS) is 17.5. The predicted octanol–water partition coefficient (Wildman–Crippen LogP) is 1.71. The van der Waals surface area contributed by atoms with Gasteiger partial charge < -0.3 is 14.4 Å². The quantitative estimate of drug-likeness (QED) is 0.745. The van der Waals surface area contributed by atoms with Gasteiger partial charge in [-0.05, 0) is 6.42 Å². The van der Waals surface area contributed by atoms with Crippen LogP contribution in [0.25, 0.3) is 11.3 Å². The zero-order valence-electron chi connectivity index (χ0n) is 13.2. The standard InChI is InChI=1S/C17H19N5O2/c23-9-15-19-14(20-21-15)8-22-11-18-16(12-4-2-1-3-5-12)17(22)13-6-7-24-10-13/h1-5,11,13,23H,6-10H2,(H,19,20,21). The van der Waals surface area contributed by atoms with E-state index in [1.807, 2.05) is 24.5 Å². The fraction of sp³-hybridized carbons (Fsp3) is 0.353. The zero-order chi connectivity index (χ0) is 16.4. The summed E-state index contributed by atoms with van der Waals surface area (Å²) >= 11 is 0. The highest BCUT2D eigenvalue weighted by atomic mass is 16.5. The Morgan fingerprint density at radius 1 is 1.29 bits per heavy atom. The molecular formula is C17H19N5O2. The van der Waals surface area contributed by atoms with Crippen molar-refractivity contribution in [3.8, 4) is 11.3 Å². The number of aliphatic hydroxyl groups is 1. The van der Waals surface area contributed by atoms with Gasteiger partial charge in [-0.1, -0.05) is 30.3 Å². The lowest BCUT2D eigenvalue weighted by Gasteiger charge is -2.14. The SMILES string of the molecule is OCc1n[nH]c(Cn2cnc(-c3ccccc3)c2C2CCOC2)n1. The van der Waals surface area contributed by atoms with E-state index >= 15 is 0 Å². The second-order valence-corrected chi connectivity index (χ2v) is 5.89. The molecule has 0 amide bonds. The molecule has 7 heteroatoms. The Bertz CT molecular complexity index is 806. The summed E-state index contributed by atoms with van der Waals surface area (Å²) in [6, 6.07) is 10.2. The molecule has 1 fully saturated rings. The third-order valence-corrected chi connectivity index (χ3v) is 4.28. The lowest BCUT2D eigenvalue weighted by molar-refractivity contribution is 0.193. The number of hydrogen-bond acceptors (Lipinski definition) is 5. The van der Waals surface area contributed by atoms with Gasteiger partial charge in [0.2, 0.25) is 0 Å².